The number of rotatable bonds is 6. The molecule has 1 aromatic heterocycles. The van der Waals surface area contributed by atoms with Gasteiger partial charge in [-0.3, -0.25) is 0 Å². The van der Waals surface area contributed by atoms with Crippen molar-refractivity contribution in [1.82, 2.24) is 0 Å². The van der Waals surface area contributed by atoms with Crippen molar-refractivity contribution >= 4 is 107 Å². The van der Waals surface area contributed by atoms with Gasteiger partial charge in [-0.25, -0.2) is 4.79 Å². The standard InChI is InChI=1S/C39H29Br3O3S/c1-39(2,3)45-38(43)31(19-22-16-17-23-10-4-5-11-24(23)18-22)44-36-29(40)20-25(21-30(36)41)33-26-12-6-7-13-27(26)35(42)37-34(33)28-14-8-9-15-32(28)46-37/h4-18,20-21,31H,19H2,1-3H3/t31-/m1/s1. The number of esters is 1. The summed E-state index contributed by atoms with van der Waals surface area (Å²) in [4.78, 5) is 13.6. The molecule has 230 valence electrons. The maximum absolute atomic E-state index is 13.6. The summed E-state index contributed by atoms with van der Waals surface area (Å²) in [6, 6.07) is 35.7. The Morgan fingerprint density at radius 1 is 0.761 bits per heavy atom. The van der Waals surface area contributed by atoms with Crippen LogP contribution in [-0.4, -0.2) is 17.7 Å². The van der Waals surface area contributed by atoms with Crippen LogP contribution in [0.3, 0.4) is 0 Å². The lowest BCUT2D eigenvalue weighted by Crippen LogP contribution is -2.37. The summed E-state index contributed by atoms with van der Waals surface area (Å²) in [5.41, 5.74) is 2.52. The Hall–Kier alpha value is -3.23. The Morgan fingerprint density at radius 3 is 2.11 bits per heavy atom. The Bertz CT molecular complexity index is 2280. The minimum atomic E-state index is -0.861. The fourth-order valence-electron chi connectivity index (χ4n) is 5.98. The van der Waals surface area contributed by atoms with Crippen molar-refractivity contribution in [2.24, 2.45) is 0 Å². The van der Waals surface area contributed by atoms with Crippen molar-refractivity contribution < 1.29 is 14.3 Å². The Labute approximate surface area is 296 Å². The molecular formula is C39H29Br3O3S. The molecule has 0 saturated carbocycles. The number of thiophene rings is 1. The number of halogens is 3. The maximum atomic E-state index is 13.6. The molecule has 0 radical (unpaired) electrons. The first-order chi connectivity index (χ1) is 22.1. The van der Waals surface area contributed by atoms with Gasteiger partial charge in [0.2, 0.25) is 0 Å². The van der Waals surface area contributed by atoms with E-state index in [1.165, 1.54) is 20.2 Å². The average molecular weight is 817 g/mol. The monoisotopic (exact) mass is 814 g/mol. The minimum Gasteiger partial charge on any atom is -0.476 e. The molecule has 0 fully saturated rings. The summed E-state index contributed by atoms with van der Waals surface area (Å²) in [6.45, 7) is 5.61. The summed E-state index contributed by atoms with van der Waals surface area (Å²) in [6.07, 6.45) is -0.501. The maximum Gasteiger partial charge on any atom is 0.348 e. The molecule has 1 heterocycles. The van der Waals surface area contributed by atoms with Gasteiger partial charge in [-0.1, -0.05) is 84.9 Å². The highest BCUT2D eigenvalue weighted by Crippen LogP contribution is 2.50. The number of hydrogen-bond acceptors (Lipinski definition) is 4. The van der Waals surface area contributed by atoms with Crippen LogP contribution in [-0.2, 0) is 16.0 Å². The van der Waals surface area contributed by atoms with Crippen LogP contribution in [0.2, 0.25) is 0 Å². The predicted molar refractivity (Wildman–Crippen MR) is 203 cm³/mol. The molecule has 0 unspecified atom stereocenters. The molecule has 46 heavy (non-hydrogen) atoms. The molecule has 7 aromatic rings. The lowest BCUT2D eigenvalue weighted by atomic mass is 9.93. The molecule has 0 N–H and O–H groups in total. The smallest absolute Gasteiger partial charge is 0.348 e. The first-order valence-corrected chi connectivity index (χ1v) is 18.1. The second kappa shape index (κ2) is 12.4. The second-order valence-electron chi connectivity index (χ2n) is 12.3. The van der Waals surface area contributed by atoms with Crippen LogP contribution in [0.1, 0.15) is 26.3 Å². The van der Waals surface area contributed by atoms with Crippen molar-refractivity contribution in [3.8, 4) is 16.9 Å². The van der Waals surface area contributed by atoms with Crippen LogP contribution in [0.15, 0.2) is 117 Å². The van der Waals surface area contributed by atoms with E-state index in [-0.39, 0.29) is 0 Å². The molecular weight excluding hydrogens is 788 g/mol. The zero-order chi connectivity index (χ0) is 32.2. The van der Waals surface area contributed by atoms with E-state index in [0.717, 1.165) is 51.7 Å². The van der Waals surface area contributed by atoms with Crippen LogP contribution < -0.4 is 4.74 Å². The molecule has 0 aliphatic rings. The van der Waals surface area contributed by atoms with Crippen molar-refractivity contribution in [3.05, 3.63) is 122 Å². The fraction of sp³-hybridized carbons (Fsp3) is 0.154. The number of benzene rings is 6. The lowest BCUT2D eigenvalue weighted by molar-refractivity contribution is -0.163. The number of ether oxygens (including phenoxy) is 2. The Balaban J connectivity index is 1.33. The molecule has 0 aliphatic heterocycles. The van der Waals surface area contributed by atoms with Crippen LogP contribution in [0.25, 0.3) is 52.8 Å². The largest absolute Gasteiger partial charge is 0.476 e. The van der Waals surface area contributed by atoms with Crippen LogP contribution in [0, 0.1) is 0 Å². The van der Waals surface area contributed by atoms with E-state index < -0.39 is 17.7 Å². The number of hydrogen-bond donors (Lipinski definition) is 0. The van der Waals surface area contributed by atoms with Gasteiger partial charge in [-0.15, -0.1) is 11.3 Å². The summed E-state index contributed by atoms with van der Waals surface area (Å²) in [5.74, 6) is 0.141. The van der Waals surface area contributed by atoms with Gasteiger partial charge in [0.25, 0.3) is 0 Å². The van der Waals surface area contributed by atoms with Gasteiger partial charge in [0.05, 0.1) is 13.6 Å². The first-order valence-electron chi connectivity index (χ1n) is 15.0. The zero-order valence-corrected chi connectivity index (χ0v) is 30.9. The number of carbonyl (C=O) groups excluding carboxylic acids is 1. The van der Waals surface area contributed by atoms with E-state index in [2.05, 4.69) is 133 Å². The van der Waals surface area contributed by atoms with Crippen LogP contribution in [0.4, 0.5) is 0 Å². The highest BCUT2D eigenvalue weighted by atomic mass is 79.9. The lowest BCUT2D eigenvalue weighted by Gasteiger charge is -2.25. The van der Waals surface area contributed by atoms with E-state index in [1.807, 2.05) is 39.0 Å². The van der Waals surface area contributed by atoms with Crippen molar-refractivity contribution in [1.29, 1.82) is 0 Å². The third-order valence-electron chi connectivity index (χ3n) is 7.93. The topological polar surface area (TPSA) is 35.5 Å². The minimum absolute atomic E-state index is 0.360. The molecule has 0 aliphatic carbocycles. The Kier molecular flexibility index (Phi) is 8.47. The summed E-state index contributed by atoms with van der Waals surface area (Å²) < 4.78 is 17.4. The van der Waals surface area contributed by atoms with E-state index >= 15 is 0 Å². The third-order valence-corrected chi connectivity index (χ3v) is 11.4. The summed E-state index contributed by atoms with van der Waals surface area (Å²) in [7, 11) is 0. The molecule has 7 heteroatoms. The zero-order valence-electron chi connectivity index (χ0n) is 25.4. The first kappa shape index (κ1) is 31.4. The fourth-order valence-corrected chi connectivity index (χ4v) is 9.30. The van der Waals surface area contributed by atoms with Crippen molar-refractivity contribution in [2.75, 3.05) is 0 Å². The molecule has 0 bridgehead atoms. The van der Waals surface area contributed by atoms with Gasteiger partial charge in [-0.05, 0) is 125 Å². The number of carbonyl (C=O) groups is 1. The molecule has 1 atom stereocenters. The van der Waals surface area contributed by atoms with E-state index in [9.17, 15) is 4.79 Å². The quantitative estimate of drug-likeness (QED) is 0.157. The van der Waals surface area contributed by atoms with Gasteiger partial charge in [0.15, 0.2) is 6.10 Å². The number of fused-ring (bicyclic) bond motifs is 5. The van der Waals surface area contributed by atoms with E-state index in [4.69, 9.17) is 9.47 Å². The van der Waals surface area contributed by atoms with Gasteiger partial charge in [0.1, 0.15) is 11.4 Å². The second-order valence-corrected chi connectivity index (χ2v) is 15.9. The highest BCUT2D eigenvalue weighted by molar-refractivity contribution is 9.11. The third kappa shape index (κ3) is 5.99. The molecule has 0 saturated heterocycles. The van der Waals surface area contributed by atoms with E-state index in [1.54, 1.807) is 11.3 Å². The predicted octanol–water partition coefficient (Wildman–Crippen LogP) is 12.6. The van der Waals surface area contributed by atoms with Crippen LogP contribution in [0.5, 0.6) is 5.75 Å². The molecule has 0 spiro atoms. The molecule has 6 aromatic carbocycles. The summed E-state index contributed by atoms with van der Waals surface area (Å²) in [5, 5.41) is 7.00. The van der Waals surface area contributed by atoms with E-state index in [0.29, 0.717) is 12.2 Å². The van der Waals surface area contributed by atoms with Crippen molar-refractivity contribution in [3.63, 3.8) is 0 Å². The Morgan fingerprint density at radius 2 is 1.39 bits per heavy atom. The SMILES string of the molecule is CC(C)(C)OC(=O)[C@@H](Cc1ccc2ccccc2c1)Oc1c(Br)cc(-c2c3ccccc3c(Br)c3sc4ccccc4c23)cc1Br. The summed E-state index contributed by atoms with van der Waals surface area (Å²) >= 11 is 13.4. The molecule has 3 nitrogen and oxygen atoms in total. The highest BCUT2D eigenvalue weighted by Gasteiger charge is 2.29. The van der Waals surface area contributed by atoms with Gasteiger partial charge >= 0.3 is 5.97 Å². The van der Waals surface area contributed by atoms with Crippen LogP contribution >= 0.6 is 59.1 Å². The van der Waals surface area contributed by atoms with Gasteiger partial charge in [0, 0.05) is 26.4 Å². The molecule has 7 rings (SSSR count). The molecule has 0 amide bonds. The van der Waals surface area contributed by atoms with Gasteiger partial charge < -0.3 is 9.47 Å². The normalized spacial score (nSPS) is 12.7. The van der Waals surface area contributed by atoms with Crippen molar-refractivity contribution in [2.45, 2.75) is 38.9 Å². The average Bonchev–Trinajstić information content (AvgIpc) is 3.41. The van der Waals surface area contributed by atoms with Gasteiger partial charge in [-0.2, -0.15) is 0 Å².